The normalized spacial score (nSPS) is 21.7. The van der Waals surface area contributed by atoms with Gasteiger partial charge in [0.2, 0.25) is 5.88 Å². The summed E-state index contributed by atoms with van der Waals surface area (Å²) in [4.78, 5) is 18.8. The van der Waals surface area contributed by atoms with Crippen LogP contribution in [0.5, 0.6) is 5.88 Å². The van der Waals surface area contributed by atoms with E-state index in [1.54, 1.807) is 4.90 Å². The number of hydrogen-bond donors (Lipinski definition) is 0. The predicted octanol–water partition coefficient (Wildman–Crippen LogP) is 2.59. The SMILES string of the molecule is O=C(c1cccs1)N1CC2(C1)OCC[C@@H]2COc1ncccc1F. The van der Waals surface area contributed by atoms with Gasteiger partial charge in [-0.2, -0.15) is 0 Å². The van der Waals surface area contributed by atoms with Crippen molar-refractivity contribution in [1.82, 2.24) is 9.88 Å². The van der Waals surface area contributed by atoms with E-state index in [1.165, 1.54) is 29.7 Å². The van der Waals surface area contributed by atoms with E-state index in [0.29, 0.717) is 26.3 Å². The second kappa shape index (κ2) is 6.14. The van der Waals surface area contributed by atoms with Crippen molar-refractivity contribution in [2.45, 2.75) is 12.0 Å². The van der Waals surface area contributed by atoms with Crippen molar-refractivity contribution in [3.8, 4) is 5.88 Å². The zero-order valence-electron chi connectivity index (χ0n) is 13.0. The van der Waals surface area contributed by atoms with Gasteiger partial charge < -0.3 is 14.4 Å². The molecule has 5 nitrogen and oxygen atoms in total. The van der Waals surface area contributed by atoms with Gasteiger partial charge in [0.15, 0.2) is 5.82 Å². The molecule has 7 heteroatoms. The number of hydrogen-bond acceptors (Lipinski definition) is 5. The standard InChI is InChI=1S/C17H17FN2O3S/c18-13-3-1-6-19-15(13)22-9-12-5-7-23-17(12)10-20(11-17)16(21)14-4-2-8-24-14/h1-4,6,8,12H,5,7,9-11H2/t12-/m1/s1. The lowest BCUT2D eigenvalue weighted by atomic mass is 9.81. The molecule has 4 rings (SSSR count). The fourth-order valence-electron chi connectivity index (χ4n) is 3.33. The van der Waals surface area contributed by atoms with Gasteiger partial charge in [-0.1, -0.05) is 6.07 Å². The van der Waals surface area contributed by atoms with Crippen molar-refractivity contribution in [2.24, 2.45) is 5.92 Å². The fraction of sp³-hybridized carbons (Fsp3) is 0.412. The van der Waals surface area contributed by atoms with Crippen molar-refractivity contribution in [3.63, 3.8) is 0 Å². The van der Waals surface area contributed by atoms with Crippen LogP contribution in [0.3, 0.4) is 0 Å². The Morgan fingerprint density at radius 1 is 1.46 bits per heavy atom. The Balaban J connectivity index is 1.38. The van der Waals surface area contributed by atoms with E-state index >= 15 is 0 Å². The lowest BCUT2D eigenvalue weighted by Gasteiger charge is -2.49. The number of halogens is 1. The van der Waals surface area contributed by atoms with Crippen LogP contribution < -0.4 is 4.74 Å². The molecular formula is C17H17FN2O3S. The summed E-state index contributed by atoms with van der Waals surface area (Å²) >= 11 is 1.44. The van der Waals surface area contributed by atoms with E-state index < -0.39 is 5.82 Å². The monoisotopic (exact) mass is 348 g/mol. The summed E-state index contributed by atoms with van der Waals surface area (Å²) < 4.78 is 25.1. The van der Waals surface area contributed by atoms with Crippen molar-refractivity contribution in [2.75, 3.05) is 26.3 Å². The molecule has 24 heavy (non-hydrogen) atoms. The smallest absolute Gasteiger partial charge is 0.264 e. The number of nitrogens with zero attached hydrogens (tertiary/aromatic N) is 2. The number of amides is 1. The Morgan fingerprint density at radius 3 is 3.08 bits per heavy atom. The van der Waals surface area contributed by atoms with E-state index in [1.807, 2.05) is 17.5 Å². The first-order valence-corrected chi connectivity index (χ1v) is 8.76. The van der Waals surface area contributed by atoms with Crippen LogP contribution in [0.1, 0.15) is 16.1 Å². The molecule has 2 saturated heterocycles. The molecule has 2 aromatic heterocycles. The molecule has 0 bridgehead atoms. The number of aromatic nitrogens is 1. The summed E-state index contributed by atoms with van der Waals surface area (Å²) in [5.41, 5.74) is -0.363. The number of carbonyl (C=O) groups excluding carboxylic acids is 1. The molecule has 0 unspecified atom stereocenters. The van der Waals surface area contributed by atoms with Gasteiger partial charge in [0.25, 0.3) is 5.91 Å². The highest BCUT2D eigenvalue weighted by atomic mass is 32.1. The number of pyridine rings is 1. The minimum Gasteiger partial charge on any atom is -0.475 e. The molecule has 2 aromatic rings. The quantitative estimate of drug-likeness (QED) is 0.852. The van der Waals surface area contributed by atoms with Gasteiger partial charge >= 0.3 is 0 Å². The third kappa shape index (κ3) is 2.67. The Hall–Kier alpha value is -1.99. The Labute approximate surface area is 143 Å². The molecule has 0 aromatic carbocycles. The third-order valence-corrected chi connectivity index (χ3v) is 5.54. The molecule has 2 aliphatic heterocycles. The largest absolute Gasteiger partial charge is 0.475 e. The maximum Gasteiger partial charge on any atom is 0.264 e. The first-order chi connectivity index (χ1) is 11.7. The molecule has 0 N–H and O–H groups in total. The minimum atomic E-state index is -0.464. The first-order valence-electron chi connectivity index (χ1n) is 7.88. The van der Waals surface area contributed by atoms with Gasteiger partial charge in [0.05, 0.1) is 24.6 Å². The zero-order chi connectivity index (χ0) is 16.6. The summed E-state index contributed by atoms with van der Waals surface area (Å²) in [5.74, 6) is -0.271. The molecule has 1 atom stereocenters. The number of rotatable bonds is 4. The molecular weight excluding hydrogens is 331 g/mol. The van der Waals surface area contributed by atoms with E-state index in [4.69, 9.17) is 9.47 Å². The summed E-state index contributed by atoms with van der Waals surface area (Å²) in [6, 6.07) is 6.56. The lowest BCUT2D eigenvalue weighted by molar-refractivity contribution is -0.122. The highest BCUT2D eigenvalue weighted by Crippen LogP contribution is 2.41. The number of ether oxygens (including phenoxy) is 2. The molecule has 1 spiro atoms. The summed E-state index contributed by atoms with van der Waals surface area (Å²) in [6.07, 6.45) is 2.35. The van der Waals surface area contributed by atoms with Gasteiger partial charge in [0.1, 0.15) is 5.60 Å². The highest BCUT2D eigenvalue weighted by molar-refractivity contribution is 7.12. The van der Waals surface area contributed by atoms with Crippen LogP contribution in [0.15, 0.2) is 35.8 Å². The molecule has 126 valence electrons. The summed E-state index contributed by atoms with van der Waals surface area (Å²) in [5, 5.41) is 1.90. The van der Waals surface area contributed by atoms with Crippen molar-refractivity contribution in [3.05, 3.63) is 46.5 Å². The van der Waals surface area contributed by atoms with Crippen LogP contribution in [-0.4, -0.2) is 47.7 Å². The third-order valence-electron chi connectivity index (χ3n) is 4.68. The van der Waals surface area contributed by atoms with Gasteiger partial charge in [-0.15, -0.1) is 11.3 Å². The maximum atomic E-state index is 13.6. The van der Waals surface area contributed by atoms with Gasteiger partial charge in [-0.3, -0.25) is 4.79 Å². The van der Waals surface area contributed by atoms with Crippen LogP contribution in [0.25, 0.3) is 0 Å². The van der Waals surface area contributed by atoms with E-state index in [-0.39, 0.29) is 23.3 Å². The predicted molar refractivity (Wildman–Crippen MR) is 86.7 cm³/mol. The van der Waals surface area contributed by atoms with E-state index in [0.717, 1.165) is 11.3 Å². The topological polar surface area (TPSA) is 51.7 Å². The van der Waals surface area contributed by atoms with Crippen LogP contribution >= 0.6 is 11.3 Å². The average molecular weight is 348 g/mol. The Kier molecular flexibility index (Phi) is 3.97. The Morgan fingerprint density at radius 2 is 2.33 bits per heavy atom. The zero-order valence-corrected chi connectivity index (χ0v) is 13.8. The van der Waals surface area contributed by atoms with E-state index in [9.17, 15) is 9.18 Å². The van der Waals surface area contributed by atoms with Crippen LogP contribution in [0, 0.1) is 11.7 Å². The van der Waals surface area contributed by atoms with Crippen molar-refractivity contribution in [1.29, 1.82) is 0 Å². The molecule has 2 fully saturated rings. The Bertz CT molecular complexity index is 731. The van der Waals surface area contributed by atoms with Gasteiger partial charge in [0, 0.05) is 18.7 Å². The maximum absolute atomic E-state index is 13.6. The molecule has 0 radical (unpaired) electrons. The van der Waals surface area contributed by atoms with Crippen LogP contribution in [0.2, 0.25) is 0 Å². The fourth-order valence-corrected chi connectivity index (χ4v) is 4.02. The van der Waals surface area contributed by atoms with Crippen LogP contribution in [0.4, 0.5) is 4.39 Å². The highest BCUT2D eigenvalue weighted by Gasteiger charge is 2.54. The van der Waals surface area contributed by atoms with Gasteiger partial charge in [-0.05, 0) is 30.0 Å². The van der Waals surface area contributed by atoms with Gasteiger partial charge in [-0.25, -0.2) is 9.37 Å². The average Bonchev–Trinajstić information content (AvgIpc) is 3.21. The summed E-state index contributed by atoms with van der Waals surface area (Å²) in [7, 11) is 0. The summed E-state index contributed by atoms with van der Waals surface area (Å²) in [6.45, 7) is 2.10. The van der Waals surface area contributed by atoms with E-state index in [2.05, 4.69) is 4.98 Å². The number of likely N-dealkylation sites (tertiary alicyclic amines) is 1. The minimum absolute atomic E-state index is 0.0189. The molecule has 0 saturated carbocycles. The molecule has 1 amide bonds. The second-order valence-electron chi connectivity index (χ2n) is 6.14. The molecule has 2 aliphatic rings. The number of carbonyl (C=O) groups is 1. The lowest BCUT2D eigenvalue weighted by Crippen LogP contribution is -2.66. The number of thiophene rings is 1. The van der Waals surface area contributed by atoms with Crippen molar-refractivity contribution < 1.29 is 18.7 Å². The molecule has 0 aliphatic carbocycles. The van der Waals surface area contributed by atoms with Crippen molar-refractivity contribution >= 4 is 17.2 Å². The first kappa shape index (κ1) is 15.5. The second-order valence-corrected chi connectivity index (χ2v) is 7.09. The molecule has 4 heterocycles. The van der Waals surface area contributed by atoms with Crippen LogP contribution in [-0.2, 0) is 4.74 Å².